The topological polar surface area (TPSA) is 126 Å². The van der Waals surface area contributed by atoms with Crippen LogP contribution in [0.5, 0.6) is 5.75 Å². The third-order valence-electron chi connectivity index (χ3n) is 5.88. The van der Waals surface area contributed by atoms with Crippen LogP contribution in [0.2, 0.25) is 0 Å². The molecule has 32 heavy (non-hydrogen) atoms. The summed E-state index contributed by atoms with van der Waals surface area (Å²) in [5.41, 5.74) is 13.4. The van der Waals surface area contributed by atoms with Crippen molar-refractivity contribution in [2.75, 3.05) is 25.4 Å². The van der Waals surface area contributed by atoms with Gasteiger partial charge in [0.2, 0.25) is 0 Å². The molecule has 2 aliphatic heterocycles. The maximum atomic E-state index is 12.6. The van der Waals surface area contributed by atoms with Gasteiger partial charge in [-0.05, 0) is 51.7 Å². The average Bonchev–Trinajstić information content (AvgIpc) is 3.09. The highest BCUT2D eigenvalue weighted by Gasteiger charge is 2.34. The number of amides is 2. The number of para-hydroxylation sites is 1. The monoisotopic (exact) mass is 441 g/mol. The van der Waals surface area contributed by atoms with Crippen LogP contribution in [-0.4, -0.2) is 52.0 Å². The Morgan fingerprint density at radius 2 is 2.00 bits per heavy atom. The molecular formula is C23H31N5O4. The van der Waals surface area contributed by atoms with Crippen LogP contribution in [0.4, 0.5) is 10.6 Å². The quantitative estimate of drug-likeness (QED) is 0.754. The van der Waals surface area contributed by atoms with E-state index in [-0.39, 0.29) is 29.4 Å². The smallest absolute Gasteiger partial charge is 0.410 e. The minimum Gasteiger partial charge on any atom is -0.493 e. The second-order valence-electron chi connectivity index (χ2n) is 9.50. The first-order chi connectivity index (χ1) is 15.1. The number of fused-ring (bicyclic) bond motifs is 1. The molecule has 0 bridgehead atoms. The molecule has 4 rings (SSSR count). The number of nitrogens with two attached hydrogens (primary N) is 2. The van der Waals surface area contributed by atoms with E-state index in [0.717, 1.165) is 24.2 Å². The minimum absolute atomic E-state index is 0.138. The van der Waals surface area contributed by atoms with Gasteiger partial charge in [0.25, 0.3) is 5.91 Å². The number of anilines is 1. The highest BCUT2D eigenvalue weighted by Crippen LogP contribution is 2.36. The first-order valence-corrected chi connectivity index (χ1v) is 11.0. The molecule has 1 saturated heterocycles. The highest BCUT2D eigenvalue weighted by molar-refractivity contribution is 5.98. The molecule has 1 aromatic heterocycles. The number of piperidine rings is 1. The van der Waals surface area contributed by atoms with Crippen molar-refractivity contribution >= 4 is 17.8 Å². The molecule has 2 atom stereocenters. The SMILES string of the molecule is CC(C)(C)OC(=O)N1CCC[C@@H](n2nc(C3COc4ccccc4C3)c(C(N)=O)c2N)C1. The number of nitrogens with zero attached hydrogens (tertiary/aromatic N) is 3. The summed E-state index contributed by atoms with van der Waals surface area (Å²) < 4.78 is 13.1. The molecule has 1 fully saturated rings. The second kappa shape index (κ2) is 8.37. The summed E-state index contributed by atoms with van der Waals surface area (Å²) in [5, 5.41) is 4.75. The van der Waals surface area contributed by atoms with Crippen LogP contribution >= 0.6 is 0 Å². The van der Waals surface area contributed by atoms with Crippen LogP contribution < -0.4 is 16.2 Å². The van der Waals surface area contributed by atoms with Gasteiger partial charge in [0, 0.05) is 19.0 Å². The molecule has 9 nitrogen and oxygen atoms in total. The number of hydrogen-bond acceptors (Lipinski definition) is 6. The number of hydrogen-bond donors (Lipinski definition) is 2. The summed E-state index contributed by atoms with van der Waals surface area (Å²) in [6.07, 6.45) is 1.89. The Morgan fingerprint density at radius 1 is 1.25 bits per heavy atom. The van der Waals surface area contributed by atoms with Crippen molar-refractivity contribution in [3.63, 3.8) is 0 Å². The average molecular weight is 442 g/mol. The molecule has 0 radical (unpaired) electrons. The predicted molar refractivity (Wildman–Crippen MR) is 120 cm³/mol. The number of aromatic nitrogens is 2. The fourth-order valence-electron chi connectivity index (χ4n) is 4.43. The minimum atomic E-state index is -0.609. The fourth-order valence-corrected chi connectivity index (χ4v) is 4.43. The van der Waals surface area contributed by atoms with Gasteiger partial charge in [-0.2, -0.15) is 5.10 Å². The van der Waals surface area contributed by atoms with Gasteiger partial charge in [-0.25, -0.2) is 9.48 Å². The number of likely N-dealkylation sites (tertiary alicyclic amines) is 1. The molecule has 2 aliphatic rings. The maximum Gasteiger partial charge on any atom is 0.410 e. The predicted octanol–water partition coefficient (Wildman–Crippen LogP) is 2.85. The molecule has 3 heterocycles. The zero-order chi connectivity index (χ0) is 23.0. The van der Waals surface area contributed by atoms with E-state index in [1.807, 2.05) is 45.0 Å². The zero-order valence-electron chi connectivity index (χ0n) is 18.8. The first-order valence-electron chi connectivity index (χ1n) is 11.0. The van der Waals surface area contributed by atoms with Gasteiger partial charge in [-0.15, -0.1) is 0 Å². The van der Waals surface area contributed by atoms with Crippen molar-refractivity contribution in [1.82, 2.24) is 14.7 Å². The van der Waals surface area contributed by atoms with Crippen molar-refractivity contribution < 1.29 is 19.1 Å². The third kappa shape index (κ3) is 4.37. The van der Waals surface area contributed by atoms with Gasteiger partial charge in [-0.3, -0.25) is 4.79 Å². The molecule has 0 aliphatic carbocycles. The van der Waals surface area contributed by atoms with Crippen LogP contribution in [0.1, 0.15) is 67.2 Å². The lowest BCUT2D eigenvalue weighted by atomic mass is 9.92. The van der Waals surface area contributed by atoms with Crippen LogP contribution in [0.25, 0.3) is 0 Å². The molecular weight excluding hydrogens is 410 g/mol. The van der Waals surface area contributed by atoms with Crippen molar-refractivity contribution in [3.05, 3.63) is 41.1 Å². The van der Waals surface area contributed by atoms with Crippen LogP contribution in [0.3, 0.4) is 0 Å². The Morgan fingerprint density at radius 3 is 2.72 bits per heavy atom. The van der Waals surface area contributed by atoms with Crippen LogP contribution in [-0.2, 0) is 11.2 Å². The molecule has 1 aromatic carbocycles. The van der Waals surface area contributed by atoms with E-state index >= 15 is 0 Å². The lowest BCUT2D eigenvalue weighted by Crippen LogP contribution is -2.43. The van der Waals surface area contributed by atoms with Crippen molar-refractivity contribution in [3.8, 4) is 5.75 Å². The Kier molecular flexibility index (Phi) is 5.75. The van der Waals surface area contributed by atoms with E-state index in [2.05, 4.69) is 0 Å². The fraction of sp³-hybridized carbons (Fsp3) is 0.522. The maximum absolute atomic E-state index is 12.6. The molecule has 2 amide bonds. The third-order valence-corrected chi connectivity index (χ3v) is 5.88. The molecule has 2 aromatic rings. The highest BCUT2D eigenvalue weighted by atomic mass is 16.6. The number of nitrogen functional groups attached to an aromatic ring is 1. The molecule has 1 unspecified atom stereocenters. The van der Waals surface area contributed by atoms with E-state index < -0.39 is 11.5 Å². The summed E-state index contributed by atoms with van der Waals surface area (Å²) in [6, 6.07) is 7.66. The molecule has 0 spiro atoms. The Bertz CT molecular complexity index is 1030. The largest absolute Gasteiger partial charge is 0.493 e. The van der Waals surface area contributed by atoms with Crippen LogP contribution in [0.15, 0.2) is 24.3 Å². The number of carbonyl (C=O) groups is 2. The van der Waals surface area contributed by atoms with Crippen molar-refractivity contribution in [2.24, 2.45) is 5.73 Å². The van der Waals surface area contributed by atoms with Gasteiger partial charge in [-0.1, -0.05) is 18.2 Å². The molecule has 9 heteroatoms. The second-order valence-corrected chi connectivity index (χ2v) is 9.50. The van der Waals surface area contributed by atoms with Gasteiger partial charge < -0.3 is 25.8 Å². The van der Waals surface area contributed by atoms with E-state index in [1.54, 1.807) is 9.58 Å². The molecule has 172 valence electrons. The lowest BCUT2D eigenvalue weighted by Gasteiger charge is -2.34. The summed E-state index contributed by atoms with van der Waals surface area (Å²) in [6.45, 7) is 6.93. The summed E-state index contributed by atoms with van der Waals surface area (Å²) in [4.78, 5) is 26.6. The van der Waals surface area contributed by atoms with E-state index in [1.165, 1.54) is 0 Å². The van der Waals surface area contributed by atoms with E-state index in [4.69, 9.17) is 26.0 Å². The standard InChI is InChI=1S/C23H31N5O4/c1-23(2,3)32-22(30)27-10-6-8-16(12-27)28-20(24)18(21(25)29)19(26-28)15-11-14-7-4-5-9-17(14)31-13-15/h4-5,7,9,15-16H,6,8,10-13,24H2,1-3H3,(H2,25,29)/t15?,16-/m1/s1. The number of primary amides is 1. The van der Waals surface area contributed by atoms with Crippen molar-refractivity contribution in [1.29, 1.82) is 0 Å². The first kappa shape index (κ1) is 22.0. The number of benzene rings is 1. The van der Waals surface area contributed by atoms with E-state index in [9.17, 15) is 9.59 Å². The summed E-state index contributed by atoms with van der Waals surface area (Å²) >= 11 is 0. The van der Waals surface area contributed by atoms with Gasteiger partial charge in [0.1, 0.15) is 22.7 Å². The number of ether oxygens (including phenoxy) is 2. The Labute approximate surface area is 187 Å². The van der Waals surface area contributed by atoms with Crippen LogP contribution in [0, 0.1) is 0 Å². The Balaban J connectivity index is 1.60. The van der Waals surface area contributed by atoms with Gasteiger partial charge in [0.15, 0.2) is 0 Å². The summed E-state index contributed by atoms with van der Waals surface area (Å²) in [5.74, 6) is 0.336. The molecule has 0 saturated carbocycles. The summed E-state index contributed by atoms with van der Waals surface area (Å²) in [7, 11) is 0. The van der Waals surface area contributed by atoms with Gasteiger partial charge in [0.05, 0.1) is 18.3 Å². The number of rotatable bonds is 3. The number of carbonyl (C=O) groups excluding carboxylic acids is 2. The van der Waals surface area contributed by atoms with Crippen molar-refractivity contribution in [2.45, 2.75) is 57.6 Å². The normalized spacial score (nSPS) is 20.9. The van der Waals surface area contributed by atoms with E-state index in [0.29, 0.717) is 31.8 Å². The van der Waals surface area contributed by atoms with Gasteiger partial charge >= 0.3 is 6.09 Å². The molecule has 4 N–H and O–H groups in total. The Hall–Kier alpha value is -3.23. The lowest BCUT2D eigenvalue weighted by molar-refractivity contribution is 0.0168. The zero-order valence-corrected chi connectivity index (χ0v) is 18.8.